The standard InChI is InChI=1S/C20H23ClN4O2/c1-23-16(7-8-18(21)22-23)13-24-9-10-25(20(27)19(24)26)17-11-15(12-17)14-5-3-2-4-6-14/h2-8,15,17,22H,9-13H2,1H3. The topological polar surface area (TPSA) is 55.9 Å². The molecule has 0 radical (unpaired) electrons. The molecule has 1 saturated heterocycles. The van der Waals surface area contributed by atoms with Gasteiger partial charge in [0.15, 0.2) is 0 Å². The number of nitrogens with one attached hydrogen (secondary N) is 1. The van der Waals surface area contributed by atoms with Crippen LogP contribution in [-0.4, -0.2) is 59.3 Å². The number of nitrogens with zero attached hydrogens (tertiary/aromatic N) is 3. The van der Waals surface area contributed by atoms with Crippen LogP contribution < -0.4 is 5.43 Å². The molecule has 1 saturated carbocycles. The summed E-state index contributed by atoms with van der Waals surface area (Å²) in [5.74, 6) is -0.307. The molecule has 1 aromatic carbocycles. The van der Waals surface area contributed by atoms with E-state index in [9.17, 15) is 9.59 Å². The number of carbonyl (C=O) groups is 2. The van der Waals surface area contributed by atoms with Gasteiger partial charge in [0.1, 0.15) is 5.16 Å². The van der Waals surface area contributed by atoms with Gasteiger partial charge in [-0.25, -0.2) is 0 Å². The maximum atomic E-state index is 12.6. The molecule has 1 aliphatic carbocycles. The highest BCUT2D eigenvalue weighted by Crippen LogP contribution is 2.40. The van der Waals surface area contributed by atoms with Crippen LogP contribution in [0.3, 0.4) is 0 Å². The fourth-order valence-corrected chi connectivity index (χ4v) is 4.12. The van der Waals surface area contributed by atoms with E-state index in [0.29, 0.717) is 30.7 Å². The molecule has 142 valence electrons. The van der Waals surface area contributed by atoms with E-state index in [0.717, 1.165) is 18.5 Å². The smallest absolute Gasteiger partial charge is 0.312 e. The van der Waals surface area contributed by atoms with Gasteiger partial charge in [-0.05, 0) is 36.5 Å². The maximum Gasteiger partial charge on any atom is 0.312 e. The summed E-state index contributed by atoms with van der Waals surface area (Å²) in [4.78, 5) is 28.6. The average molecular weight is 387 g/mol. The van der Waals surface area contributed by atoms with Gasteiger partial charge in [0.25, 0.3) is 0 Å². The lowest BCUT2D eigenvalue weighted by Gasteiger charge is -2.46. The van der Waals surface area contributed by atoms with Gasteiger partial charge < -0.3 is 9.80 Å². The summed E-state index contributed by atoms with van der Waals surface area (Å²) in [6.07, 6.45) is 5.48. The number of halogens is 1. The zero-order valence-corrected chi connectivity index (χ0v) is 16.0. The Morgan fingerprint density at radius 1 is 1.07 bits per heavy atom. The van der Waals surface area contributed by atoms with Crippen molar-refractivity contribution in [3.8, 4) is 0 Å². The number of rotatable bonds is 4. The van der Waals surface area contributed by atoms with Crippen molar-refractivity contribution in [3.63, 3.8) is 0 Å². The van der Waals surface area contributed by atoms with Crippen molar-refractivity contribution in [1.82, 2.24) is 20.2 Å². The molecule has 6 nitrogen and oxygen atoms in total. The van der Waals surface area contributed by atoms with E-state index in [2.05, 4.69) is 17.6 Å². The minimum Gasteiger partial charge on any atom is -0.330 e. The fourth-order valence-electron chi connectivity index (χ4n) is 3.93. The lowest BCUT2D eigenvalue weighted by atomic mass is 9.75. The third-order valence-corrected chi connectivity index (χ3v) is 5.86. The van der Waals surface area contributed by atoms with Gasteiger partial charge >= 0.3 is 11.8 Å². The van der Waals surface area contributed by atoms with E-state index in [1.165, 1.54) is 5.56 Å². The van der Waals surface area contributed by atoms with Gasteiger partial charge in [-0.15, -0.1) is 0 Å². The number of hydrazine groups is 1. The summed E-state index contributed by atoms with van der Waals surface area (Å²) in [5.41, 5.74) is 5.18. The quantitative estimate of drug-likeness (QED) is 0.635. The van der Waals surface area contributed by atoms with Crippen LogP contribution in [0.1, 0.15) is 24.3 Å². The highest BCUT2D eigenvalue weighted by Gasteiger charge is 2.42. The Morgan fingerprint density at radius 2 is 1.81 bits per heavy atom. The molecule has 2 heterocycles. The van der Waals surface area contributed by atoms with Crippen molar-refractivity contribution in [3.05, 3.63) is 58.9 Å². The minimum absolute atomic E-state index is 0.175. The van der Waals surface area contributed by atoms with Gasteiger partial charge in [0, 0.05) is 26.2 Å². The van der Waals surface area contributed by atoms with Crippen molar-refractivity contribution < 1.29 is 9.59 Å². The first kappa shape index (κ1) is 17.9. The van der Waals surface area contributed by atoms with Crippen LogP contribution in [-0.2, 0) is 9.59 Å². The highest BCUT2D eigenvalue weighted by molar-refractivity contribution is 6.35. The second-order valence-corrected chi connectivity index (χ2v) is 7.71. The van der Waals surface area contributed by atoms with Gasteiger partial charge in [-0.1, -0.05) is 41.9 Å². The molecular weight excluding hydrogens is 364 g/mol. The van der Waals surface area contributed by atoms with Crippen LogP contribution in [0.2, 0.25) is 0 Å². The Morgan fingerprint density at radius 3 is 2.52 bits per heavy atom. The Labute approximate surface area is 164 Å². The number of amides is 2. The second kappa shape index (κ2) is 7.27. The molecule has 7 heteroatoms. The van der Waals surface area contributed by atoms with E-state index < -0.39 is 5.91 Å². The van der Waals surface area contributed by atoms with E-state index in [-0.39, 0.29) is 11.9 Å². The molecule has 2 aliphatic heterocycles. The lowest BCUT2D eigenvalue weighted by Crippen LogP contribution is -2.60. The first-order valence-corrected chi connectivity index (χ1v) is 9.62. The molecule has 2 fully saturated rings. The van der Waals surface area contributed by atoms with Gasteiger partial charge in [0.05, 0.1) is 12.2 Å². The zero-order chi connectivity index (χ0) is 19.0. The molecule has 2 amide bonds. The Hall–Kier alpha value is -2.47. The van der Waals surface area contributed by atoms with Crippen LogP contribution in [0.15, 0.2) is 53.3 Å². The molecule has 0 bridgehead atoms. The summed E-state index contributed by atoms with van der Waals surface area (Å²) in [7, 11) is 1.84. The Bertz CT molecular complexity index is 801. The summed E-state index contributed by atoms with van der Waals surface area (Å²) >= 11 is 5.93. The highest BCUT2D eigenvalue weighted by atomic mass is 35.5. The molecule has 3 aliphatic rings. The average Bonchev–Trinajstić information content (AvgIpc) is 2.62. The lowest BCUT2D eigenvalue weighted by molar-refractivity contribution is -0.159. The number of carbonyl (C=O) groups excluding carboxylic acids is 2. The van der Waals surface area contributed by atoms with Crippen molar-refractivity contribution >= 4 is 23.4 Å². The van der Waals surface area contributed by atoms with Crippen molar-refractivity contribution in [2.75, 3.05) is 26.7 Å². The number of hydrogen-bond donors (Lipinski definition) is 1. The number of likely N-dealkylation sites (N-methyl/N-ethyl adjacent to an activating group) is 1. The van der Waals surface area contributed by atoms with E-state index in [4.69, 9.17) is 11.6 Å². The second-order valence-electron chi connectivity index (χ2n) is 7.30. The molecular formula is C20H23ClN4O2. The van der Waals surface area contributed by atoms with Crippen molar-refractivity contribution in [1.29, 1.82) is 0 Å². The van der Waals surface area contributed by atoms with Crippen LogP contribution in [0.4, 0.5) is 0 Å². The summed E-state index contributed by atoms with van der Waals surface area (Å²) < 4.78 is 0. The summed E-state index contributed by atoms with van der Waals surface area (Å²) in [5, 5.41) is 2.29. The molecule has 27 heavy (non-hydrogen) atoms. The van der Waals surface area contributed by atoms with Crippen molar-refractivity contribution in [2.45, 2.75) is 24.8 Å². The molecule has 0 aromatic heterocycles. The number of allylic oxidation sites excluding steroid dienone is 2. The van der Waals surface area contributed by atoms with E-state index in [1.54, 1.807) is 20.9 Å². The van der Waals surface area contributed by atoms with E-state index in [1.807, 2.05) is 31.3 Å². The largest absolute Gasteiger partial charge is 0.330 e. The van der Waals surface area contributed by atoms with E-state index >= 15 is 0 Å². The third kappa shape index (κ3) is 3.54. The summed E-state index contributed by atoms with van der Waals surface area (Å²) in [6, 6.07) is 10.5. The van der Waals surface area contributed by atoms with Crippen LogP contribution in [0.5, 0.6) is 0 Å². The third-order valence-electron chi connectivity index (χ3n) is 5.65. The normalized spacial score (nSPS) is 25.6. The fraction of sp³-hybridized carbons (Fsp3) is 0.400. The first-order chi connectivity index (χ1) is 13.0. The summed E-state index contributed by atoms with van der Waals surface area (Å²) in [6.45, 7) is 1.54. The molecule has 0 atom stereocenters. The molecule has 1 aromatic rings. The Kier molecular flexibility index (Phi) is 4.83. The maximum absolute atomic E-state index is 12.6. The van der Waals surface area contributed by atoms with Crippen molar-refractivity contribution in [2.24, 2.45) is 0 Å². The monoisotopic (exact) mass is 386 g/mol. The predicted molar refractivity (Wildman–Crippen MR) is 103 cm³/mol. The Balaban J connectivity index is 1.35. The minimum atomic E-state index is -0.417. The molecule has 0 unspecified atom stereocenters. The first-order valence-electron chi connectivity index (χ1n) is 9.24. The zero-order valence-electron chi connectivity index (χ0n) is 15.3. The van der Waals surface area contributed by atoms with Crippen LogP contribution in [0.25, 0.3) is 0 Å². The van der Waals surface area contributed by atoms with Crippen LogP contribution in [0, 0.1) is 0 Å². The molecule has 0 spiro atoms. The number of hydrogen-bond acceptors (Lipinski definition) is 4. The SMILES string of the molecule is CN1NC(Cl)=CC=C1CN1CCN(C2CC(c3ccccc3)C2)C(=O)C1=O. The van der Waals surface area contributed by atoms with Crippen LogP contribution >= 0.6 is 11.6 Å². The van der Waals surface area contributed by atoms with Gasteiger partial charge in [0.2, 0.25) is 0 Å². The molecule has 4 rings (SSSR count). The number of piperazine rings is 1. The van der Waals surface area contributed by atoms with Gasteiger partial charge in [-0.3, -0.25) is 20.0 Å². The van der Waals surface area contributed by atoms with Gasteiger partial charge in [-0.2, -0.15) is 0 Å². The number of benzene rings is 1. The molecule has 1 N–H and O–H groups in total. The predicted octanol–water partition coefficient (Wildman–Crippen LogP) is 2.02.